The lowest BCUT2D eigenvalue weighted by molar-refractivity contribution is 0.0912. The van der Waals surface area contributed by atoms with Crippen LogP contribution in [0.25, 0.3) is 0 Å². The highest BCUT2D eigenvalue weighted by Crippen LogP contribution is 2.24. The summed E-state index contributed by atoms with van der Waals surface area (Å²) in [6.07, 6.45) is 0.0369. The summed E-state index contributed by atoms with van der Waals surface area (Å²) < 4.78 is 10.8. The quantitative estimate of drug-likeness (QED) is 0.807. The van der Waals surface area contributed by atoms with Crippen molar-refractivity contribution in [3.63, 3.8) is 0 Å². The lowest BCUT2D eigenvalue weighted by atomic mass is 10.1. The predicted octanol–water partition coefficient (Wildman–Crippen LogP) is 2.12. The second-order valence-corrected chi connectivity index (χ2v) is 3.71. The fraction of sp³-hybridized carbons (Fsp3) is 0.500. The number of benzene rings is 1. The van der Waals surface area contributed by atoms with Crippen LogP contribution in [0.5, 0.6) is 5.75 Å². The van der Waals surface area contributed by atoms with Crippen molar-refractivity contribution in [2.24, 2.45) is 5.73 Å². The van der Waals surface area contributed by atoms with Crippen LogP contribution in [-0.4, -0.2) is 19.8 Å². The maximum Gasteiger partial charge on any atom is 0.124 e. The molecule has 1 aromatic carbocycles. The average molecular weight is 209 g/mol. The van der Waals surface area contributed by atoms with E-state index in [0.717, 1.165) is 11.3 Å². The normalized spacial score (nSPS) is 14.7. The van der Waals surface area contributed by atoms with Gasteiger partial charge in [0.05, 0.1) is 6.61 Å². The molecule has 0 heterocycles. The third-order valence-electron chi connectivity index (χ3n) is 2.14. The van der Waals surface area contributed by atoms with Gasteiger partial charge in [0.2, 0.25) is 0 Å². The summed E-state index contributed by atoms with van der Waals surface area (Å²) in [7, 11) is 1.66. The average Bonchev–Trinajstić information content (AvgIpc) is 2.18. The van der Waals surface area contributed by atoms with Crippen LogP contribution >= 0.6 is 0 Å². The van der Waals surface area contributed by atoms with Crippen molar-refractivity contribution in [3.8, 4) is 5.75 Å². The van der Waals surface area contributed by atoms with Gasteiger partial charge in [-0.25, -0.2) is 0 Å². The highest BCUT2D eigenvalue weighted by Gasteiger charge is 2.10. The van der Waals surface area contributed by atoms with Crippen molar-refractivity contribution in [1.29, 1.82) is 0 Å². The summed E-state index contributed by atoms with van der Waals surface area (Å²) in [5.41, 5.74) is 6.88. The standard InChI is InChI=1S/C12H19NO2/c1-9(8-14-3)15-12-7-5-4-6-11(12)10(2)13/h4-7,9-10H,8,13H2,1-3H3/t9?,10-/m0/s1. The van der Waals surface area contributed by atoms with Crippen LogP contribution in [0.2, 0.25) is 0 Å². The molecule has 0 spiro atoms. The van der Waals surface area contributed by atoms with Crippen molar-refractivity contribution in [1.82, 2.24) is 0 Å². The second kappa shape index (κ2) is 5.73. The van der Waals surface area contributed by atoms with E-state index in [0.29, 0.717) is 6.61 Å². The fourth-order valence-corrected chi connectivity index (χ4v) is 1.45. The van der Waals surface area contributed by atoms with Gasteiger partial charge in [0, 0.05) is 18.7 Å². The molecule has 0 fully saturated rings. The van der Waals surface area contributed by atoms with Gasteiger partial charge < -0.3 is 15.2 Å². The van der Waals surface area contributed by atoms with Crippen LogP contribution in [0.15, 0.2) is 24.3 Å². The fourth-order valence-electron chi connectivity index (χ4n) is 1.45. The molecule has 2 atom stereocenters. The molecule has 0 aliphatic carbocycles. The van der Waals surface area contributed by atoms with E-state index in [1.807, 2.05) is 38.1 Å². The molecule has 15 heavy (non-hydrogen) atoms. The topological polar surface area (TPSA) is 44.5 Å². The Morgan fingerprint density at radius 3 is 2.53 bits per heavy atom. The number of nitrogens with two attached hydrogens (primary N) is 1. The first-order valence-corrected chi connectivity index (χ1v) is 5.15. The molecule has 2 N–H and O–H groups in total. The molecule has 0 radical (unpaired) electrons. The van der Waals surface area contributed by atoms with E-state index < -0.39 is 0 Å². The maximum absolute atomic E-state index is 5.85. The van der Waals surface area contributed by atoms with Crippen LogP contribution in [0.4, 0.5) is 0 Å². The molecule has 1 unspecified atom stereocenters. The lowest BCUT2D eigenvalue weighted by Gasteiger charge is -2.18. The minimum Gasteiger partial charge on any atom is -0.488 e. The number of methoxy groups -OCH3 is 1. The van der Waals surface area contributed by atoms with Gasteiger partial charge in [-0.2, -0.15) is 0 Å². The zero-order valence-electron chi connectivity index (χ0n) is 9.57. The molecule has 0 aliphatic rings. The molecule has 0 aromatic heterocycles. The Hall–Kier alpha value is -1.06. The molecule has 3 heteroatoms. The van der Waals surface area contributed by atoms with Gasteiger partial charge in [-0.05, 0) is 19.9 Å². The summed E-state index contributed by atoms with van der Waals surface area (Å²) in [4.78, 5) is 0. The third kappa shape index (κ3) is 3.53. The third-order valence-corrected chi connectivity index (χ3v) is 2.14. The van der Waals surface area contributed by atoms with Crippen LogP contribution in [-0.2, 0) is 4.74 Å². The number of hydrogen-bond acceptors (Lipinski definition) is 3. The van der Waals surface area contributed by atoms with E-state index in [4.69, 9.17) is 15.2 Å². The zero-order valence-corrected chi connectivity index (χ0v) is 9.57. The van der Waals surface area contributed by atoms with Gasteiger partial charge in [-0.1, -0.05) is 18.2 Å². The van der Waals surface area contributed by atoms with Gasteiger partial charge in [-0.15, -0.1) is 0 Å². The Balaban J connectivity index is 2.75. The molecule has 0 saturated carbocycles. The highest BCUT2D eigenvalue weighted by atomic mass is 16.5. The number of hydrogen-bond donors (Lipinski definition) is 1. The predicted molar refractivity (Wildman–Crippen MR) is 61.0 cm³/mol. The second-order valence-electron chi connectivity index (χ2n) is 3.71. The van der Waals surface area contributed by atoms with E-state index in [2.05, 4.69) is 0 Å². The number of para-hydroxylation sites is 1. The van der Waals surface area contributed by atoms with Crippen molar-refractivity contribution in [2.75, 3.05) is 13.7 Å². The highest BCUT2D eigenvalue weighted by molar-refractivity contribution is 5.35. The Morgan fingerprint density at radius 1 is 1.27 bits per heavy atom. The molecule has 1 rings (SSSR count). The SMILES string of the molecule is COCC(C)Oc1ccccc1[C@H](C)N. The Labute approximate surface area is 91.2 Å². The summed E-state index contributed by atoms with van der Waals surface area (Å²) in [6, 6.07) is 7.81. The smallest absolute Gasteiger partial charge is 0.124 e. The summed E-state index contributed by atoms with van der Waals surface area (Å²) in [6.45, 7) is 4.50. The van der Waals surface area contributed by atoms with Crippen molar-refractivity contribution in [3.05, 3.63) is 29.8 Å². The molecular formula is C12H19NO2. The van der Waals surface area contributed by atoms with Gasteiger partial charge in [-0.3, -0.25) is 0 Å². The molecule has 0 saturated heterocycles. The maximum atomic E-state index is 5.85. The van der Waals surface area contributed by atoms with Crippen molar-refractivity contribution >= 4 is 0 Å². The van der Waals surface area contributed by atoms with E-state index in [1.165, 1.54) is 0 Å². The number of ether oxygens (including phenoxy) is 2. The van der Waals surface area contributed by atoms with Gasteiger partial charge in [0.25, 0.3) is 0 Å². The van der Waals surface area contributed by atoms with Crippen LogP contribution in [0, 0.1) is 0 Å². The first-order valence-electron chi connectivity index (χ1n) is 5.15. The minimum absolute atomic E-state index is 0.0176. The van der Waals surface area contributed by atoms with Crippen molar-refractivity contribution in [2.45, 2.75) is 26.0 Å². The molecule has 0 bridgehead atoms. The van der Waals surface area contributed by atoms with Crippen LogP contribution in [0.3, 0.4) is 0 Å². The van der Waals surface area contributed by atoms with Gasteiger partial charge in [0.15, 0.2) is 0 Å². The molecule has 1 aromatic rings. The summed E-state index contributed by atoms with van der Waals surface area (Å²) in [5.74, 6) is 0.844. The van der Waals surface area contributed by atoms with E-state index in [9.17, 15) is 0 Å². The van der Waals surface area contributed by atoms with Crippen LogP contribution in [0.1, 0.15) is 25.5 Å². The zero-order chi connectivity index (χ0) is 11.3. The van der Waals surface area contributed by atoms with E-state index in [1.54, 1.807) is 7.11 Å². The minimum atomic E-state index is -0.0176. The van der Waals surface area contributed by atoms with Crippen LogP contribution < -0.4 is 10.5 Å². The largest absolute Gasteiger partial charge is 0.488 e. The number of rotatable bonds is 5. The Morgan fingerprint density at radius 2 is 1.93 bits per heavy atom. The van der Waals surface area contributed by atoms with Crippen molar-refractivity contribution < 1.29 is 9.47 Å². The monoisotopic (exact) mass is 209 g/mol. The molecule has 84 valence electrons. The first-order chi connectivity index (χ1) is 7.15. The Bertz CT molecular complexity index is 299. The summed E-state index contributed by atoms with van der Waals surface area (Å²) in [5, 5.41) is 0. The Kier molecular flexibility index (Phi) is 4.59. The van der Waals surface area contributed by atoms with Gasteiger partial charge >= 0.3 is 0 Å². The lowest BCUT2D eigenvalue weighted by Crippen LogP contribution is -2.19. The van der Waals surface area contributed by atoms with Gasteiger partial charge in [0.1, 0.15) is 11.9 Å². The molecule has 3 nitrogen and oxygen atoms in total. The first kappa shape index (κ1) is 12.0. The van der Waals surface area contributed by atoms with E-state index >= 15 is 0 Å². The molecule has 0 aliphatic heterocycles. The summed E-state index contributed by atoms with van der Waals surface area (Å²) >= 11 is 0. The molecular weight excluding hydrogens is 190 g/mol. The van der Waals surface area contributed by atoms with E-state index in [-0.39, 0.29) is 12.1 Å². The molecule has 0 amide bonds.